The van der Waals surface area contributed by atoms with E-state index in [0.717, 1.165) is 0 Å². The smallest absolute Gasteiger partial charge is 0.359 e. The van der Waals surface area contributed by atoms with Crippen molar-refractivity contribution < 1.29 is 19.4 Å². The summed E-state index contributed by atoms with van der Waals surface area (Å²) in [6.45, 7) is 5.29. The van der Waals surface area contributed by atoms with Crippen molar-refractivity contribution in [2.24, 2.45) is 0 Å². The standard InChI is InChI=1S/C14H20N2O4/c1-14(2,3)20-13(19)12-10(15)8-7-9(16-12)5-4-6-11(17)18/h7-8H,4-6,15H2,1-3H3,(H,17,18). The number of nitrogen functional groups attached to an aromatic ring is 1. The molecule has 20 heavy (non-hydrogen) atoms. The van der Waals surface area contributed by atoms with E-state index in [1.807, 2.05) is 0 Å². The summed E-state index contributed by atoms with van der Waals surface area (Å²) in [5, 5.41) is 8.59. The minimum Gasteiger partial charge on any atom is -0.481 e. The van der Waals surface area contributed by atoms with Gasteiger partial charge in [0.2, 0.25) is 0 Å². The molecule has 0 atom stereocenters. The minimum absolute atomic E-state index is 0.0633. The number of carbonyl (C=O) groups is 2. The first-order chi connectivity index (χ1) is 9.19. The summed E-state index contributed by atoms with van der Waals surface area (Å²) in [4.78, 5) is 26.6. The van der Waals surface area contributed by atoms with Gasteiger partial charge in [0.05, 0.1) is 5.69 Å². The van der Waals surface area contributed by atoms with E-state index in [1.54, 1.807) is 32.9 Å². The highest BCUT2D eigenvalue weighted by molar-refractivity contribution is 5.93. The number of aryl methyl sites for hydroxylation is 1. The van der Waals surface area contributed by atoms with E-state index in [0.29, 0.717) is 18.5 Å². The van der Waals surface area contributed by atoms with Crippen LogP contribution in [0.25, 0.3) is 0 Å². The molecule has 0 spiro atoms. The van der Waals surface area contributed by atoms with Crippen LogP contribution in [0.1, 0.15) is 49.8 Å². The van der Waals surface area contributed by atoms with Crippen molar-refractivity contribution in [2.75, 3.05) is 5.73 Å². The van der Waals surface area contributed by atoms with Crippen molar-refractivity contribution >= 4 is 17.6 Å². The molecule has 0 radical (unpaired) electrons. The molecule has 0 saturated heterocycles. The Balaban J connectivity index is 2.81. The lowest BCUT2D eigenvalue weighted by Gasteiger charge is -2.19. The van der Waals surface area contributed by atoms with Crippen LogP contribution in [0, 0.1) is 0 Å². The van der Waals surface area contributed by atoms with Gasteiger partial charge in [0.15, 0.2) is 5.69 Å². The molecule has 0 unspecified atom stereocenters. The molecule has 6 heteroatoms. The lowest BCUT2D eigenvalue weighted by Crippen LogP contribution is -2.25. The van der Waals surface area contributed by atoms with Gasteiger partial charge in [0.25, 0.3) is 0 Å². The van der Waals surface area contributed by atoms with Crippen LogP contribution in [0.4, 0.5) is 5.69 Å². The summed E-state index contributed by atoms with van der Waals surface area (Å²) in [6.07, 6.45) is 0.996. The van der Waals surface area contributed by atoms with Gasteiger partial charge in [0, 0.05) is 12.1 Å². The van der Waals surface area contributed by atoms with E-state index >= 15 is 0 Å². The van der Waals surface area contributed by atoms with Crippen LogP contribution in [0.2, 0.25) is 0 Å². The molecule has 1 aromatic heterocycles. The van der Waals surface area contributed by atoms with Gasteiger partial charge in [-0.15, -0.1) is 0 Å². The number of ether oxygens (including phenoxy) is 1. The number of aromatic nitrogens is 1. The van der Waals surface area contributed by atoms with Crippen molar-refractivity contribution in [3.63, 3.8) is 0 Å². The number of anilines is 1. The SMILES string of the molecule is CC(C)(C)OC(=O)c1nc(CCCC(=O)O)ccc1N. The normalized spacial score (nSPS) is 11.2. The monoisotopic (exact) mass is 280 g/mol. The van der Waals surface area contributed by atoms with Crippen molar-refractivity contribution in [1.29, 1.82) is 0 Å². The molecule has 0 fully saturated rings. The summed E-state index contributed by atoms with van der Waals surface area (Å²) in [5.74, 6) is -1.43. The van der Waals surface area contributed by atoms with Crippen LogP contribution >= 0.6 is 0 Å². The second kappa shape index (κ2) is 6.36. The third-order valence-electron chi connectivity index (χ3n) is 2.40. The van der Waals surface area contributed by atoms with Gasteiger partial charge in [-0.25, -0.2) is 9.78 Å². The molecule has 0 amide bonds. The predicted molar refractivity (Wildman–Crippen MR) is 74.4 cm³/mol. The van der Waals surface area contributed by atoms with Crippen LogP contribution in [0.5, 0.6) is 0 Å². The van der Waals surface area contributed by atoms with Crippen molar-refractivity contribution in [3.05, 3.63) is 23.5 Å². The number of carboxylic acid groups (broad SMARTS) is 1. The predicted octanol–water partition coefficient (Wildman–Crippen LogP) is 2.03. The van der Waals surface area contributed by atoms with E-state index in [2.05, 4.69) is 4.98 Å². The van der Waals surface area contributed by atoms with Crippen LogP contribution < -0.4 is 5.73 Å². The maximum absolute atomic E-state index is 12.0. The third kappa shape index (κ3) is 5.26. The van der Waals surface area contributed by atoms with Gasteiger partial charge in [-0.1, -0.05) is 0 Å². The van der Waals surface area contributed by atoms with Gasteiger partial charge in [0.1, 0.15) is 5.60 Å². The summed E-state index contributed by atoms with van der Waals surface area (Å²) in [6, 6.07) is 3.27. The summed E-state index contributed by atoms with van der Waals surface area (Å²) in [5.41, 5.74) is 6.06. The molecule has 0 aromatic carbocycles. The maximum atomic E-state index is 12.0. The quantitative estimate of drug-likeness (QED) is 0.800. The molecule has 0 saturated carbocycles. The molecular weight excluding hydrogens is 260 g/mol. The molecule has 6 nitrogen and oxygen atoms in total. The van der Waals surface area contributed by atoms with Crippen molar-refractivity contribution in [1.82, 2.24) is 4.98 Å². The molecule has 0 aliphatic rings. The van der Waals surface area contributed by atoms with E-state index in [-0.39, 0.29) is 17.8 Å². The van der Waals surface area contributed by atoms with E-state index in [1.165, 1.54) is 0 Å². The average molecular weight is 280 g/mol. The van der Waals surface area contributed by atoms with E-state index in [4.69, 9.17) is 15.6 Å². The van der Waals surface area contributed by atoms with Gasteiger partial charge in [-0.2, -0.15) is 0 Å². The Hall–Kier alpha value is -2.11. The van der Waals surface area contributed by atoms with Crippen LogP contribution in [-0.2, 0) is 16.0 Å². The first kappa shape index (κ1) is 15.9. The molecule has 0 aliphatic carbocycles. The zero-order valence-corrected chi connectivity index (χ0v) is 12.0. The first-order valence-corrected chi connectivity index (χ1v) is 6.39. The van der Waals surface area contributed by atoms with Crippen LogP contribution in [0.15, 0.2) is 12.1 Å². The topological polar surface area (TPSA) is 103 Å². The fourth-order valence-corrected chi connectivity index (χ4v) is 1.56. The number of nitrogens with two attached hydrogens (primary N) is 1. The number of carboxylic acids is 1. The van der Waals surface area contributed by atoms with Gasteiger partial charge in [-0.3, -0.25) is 4.79 Å². The summed E-state index contributed by atoms with van der Waals surface area (Å²) >= 11 is 0. The molecular formula is C14H20N2O4. The largest absolute Gasteiger partial charge is 0.481 e. The number of esters is 1. The van der Waals surface area contributed by atoms with Gasteiger partial charge in [-0.05, 0) is 45.7 Å². The van der Waals surface area contributed by atoms with Gasteiger partial charge < -0.3 is 15.6 Å². The third-order valence-corrected chi connectivity index (χ3v) is 2.40. The number of pyridine rings is 1. The average Bonchev–Trinajstić information content (AvgIpc) is 2.28. The Labute approximate surface area is 118 Å². The zero-order chi connectivity index (χ0) is 15.3. The lowest BCUT2D eigenvalue weighted by molar-refractivity contribution is -0.137. The van der Waals surface area contributed by atoms with E-state index < -0.39 is 17.5 Å². The lowest BCUT2D eigenvalue weighted by atomic mass is 10.1. The fourth-order valence-electron chi connectivity index (χ4n) is 1.56. The Morgan fingerprint density at radius 3 is 2.55 bits per heavy atom. The fraction of sp³-hybridized carbons (Fsp3) is 0.500. The zero-order valence-electron chi connectivity index (χ0n) is 12.0. The molecule has 110 valence electrons. The minimum atomic E-state index is -0.854. The van der Waals surface area contributed by atoms with Crippen LogP contribution in [-0.4, -0.2) is 27.6 Å². The molecule has 1 heterocycles. The van der Waals surface area contributed by atoms with Crippen LogP contribution in [0.3, 0.4) is 0 Å². The number of carbonyl (C=O) groups excluding carboxylic acids is 1. The summed E-state index contributed by atoms with van der Waals surface area (Å²) < 4.78 is 5.23. The summed E-state index contributed by atoms with van der Waals surface area (Å²) in [7, 11) is 0. The van der Waals surface area contributed by atoms with E-state index in [9.17, 15) is 9.59 Å². The van der Waals surface area contributed by atoms with Crippen molar-refractivity contribution in [3.8, 4) is 0 Å². The van der Waals surface area contributed by atoms with Gasteiger partial charge >= 0.3 is 11.9 Å². The van der Waals surface area contributed by atoms with Crippen molar-refractivity contribution in [2.45, 2.75) is 45.6 Å². The number of aliphatic carboxylic acids is 1. The highest BCUT2D eigenvalue weighted by atomic mass is 16.6. The second-order valence-electron chi connectivity index (χ2n) is 5.49. The highest BCUT2D eigenvalue weighted by Crippen LogP contribution is 2.17. The molecule has 0 aliphatic heterocycles. The molecule has 0 bridgehead atoms. The first-order valence-electron chi connectivity index (χ1n) is 6.39. The number of rotatable bonds is 5. The Bertz CT molecular complexity index is 506. The maximum Gasteiger partial charge on any atom is 0.359 e. The number of hydrogen-bond donors (Lipinski definition) is 2. The molecule has 1 rings (SSSR count). The Kier molecular flexibility index (Phi) is 5.07. The molecule has 3 N–H and O–H groups in total. The Morgan fingerprint density at radius 1 is 1.35 bits per heavy atom. The number of hydrogen-bond acceptors (Lipinski definition) is 5. The number of nitrogens with zero attached hydrogens (tertiary/aromatic N) is 1. The molecule has 1 aromatic rings. The second-order valence-corrected chi connectivity index (χ2v) is 5.49. The highest BCUT2D eigenvalue weighted by Gasteiger charge is 2.21. The Morgan fingerprint density at radius 2 is 2.00 bits per heavy atom.